The van der Waals surface area contributed by atoms with Gasteiger partial charge in [0, 0.05) is 18.4 Å². The summed E-state index contributed by atoms with van der Waals surface area (Å²) in [5.74, 6) is 6.56. The Morgan fingerprint density at radius 2 is 1.27 bits per heavy atom. The van der Waals surface area contributed by atoms with Crippen molar-refractivity contribution in [2.75, 3.05) is 39.6 Å². The molecule has 0 fully saturated rings. The van der Waals surface area contributed by atoms with Gasteiger partial charge >= 0.3 is 13.8 Å². The second-order valence-corrected chi connectivity index (χ2v) is 12.5. The number of phosphoric acid groups is 1. The first-order chi connectivity index (χ1) is 23.2. The normalized spacial score (nSPS) is 12.5. The third kappa shape index (κ3) is 20.0. The van der Waals surface area contributed by atoms with Crippen LogP contribution in [0.4, 0.5) is 0 Å². The summed E-state index contributed by atoms with van der Waals surface area (Å²) in [7, 11) is -4.55. The zero-order valence-corrected chi connectivity index (χ0v) is 29.0. The summed E-state index contributed by atoms with van der Waals surface area (Å²) in [5.41, 5.74) is 0.187. The molecule has 0 bridgehead atoms. The molecule has 1 aromatic carbocycles. The second kappa shape index (κ2) is 26.5. The lowest BCUT2D eigenvalue weighted by molar-refractivity contribution is -0.147. The first-order valence-corrected chi connectivity index (χ1v) is 18.0. The van der Waals surface area contributed by atoms with Gasteiger partial charge in [0.1, 0.15) is 32.5 Å². The fraction of sp³-hybridized carbons (Fsp3) is 0.611. The van der Waals surface area contributed by atoms with Gasteiger partial charge in [0.2, 0.25) is 5.75 Å². The molecule has 0 saturated heterocycles. The van der Waals surface area contributed by atoms with E-state index in [4.69, 9.17) is 47.3 Å². The molecule has 48 heavy (non-hydrogen) atoms. The van der Waals surface area contributed by atoms with E-state index in [-0.39, 0.29) is 80.9 Å². The summed E-state index contributed by atoms with van der Waals surface area (Å²) in [5, 5.41) is 10.0. The van der Waals surface area contributed by atoms with Gasteiger partial charge in [-0.2, -0.15) is 0 Å². The van der Waals surface area contributed by atoms with Crippen molar-refractivity contribution in [2.24, 2.45) is 0 Å². The van der Waals surface area contributed by atoms with Crippen LogP contribution in [0.5, 0.6) is 17.2 Å². The molecule has 0 radical (unpaired) electrons. The fourth-order valence-corrected chi connectivity index (χ4v) is 5.26. The highest BCUT2D eigenvalue weighted by atomic mass is 31.2. The second-order valence-electron chi connectivity index (χ2n) is 11.0. The van der Waals surface area contributed by atoms with Crippen LogP contribution in [-0.2, 0) is 23.1 Å². The van der Waals surface area contributed by atoms with Crippen molar-refractivity contribution in [1.82, 2.24) is 0 Å². The third-order valence-electron chi connectivity index (χ3n) is 6.92. The summed E-state index contributed by atoms with van der Waals surface area (Å²) < 4.78 is 43.6. The Balaban J connectivity index is 2.38. The van der Waals surface area contributed by atoms with Crippen molar-refractivity contribution in [3.8, 4) is 54.3 Å². The first kappa shape index (κ1) is 42.5. The zero-order chi connectivity index (χ0) is 35.5. The van der Waals surface area contributed by atoms with Crippen molar-refractivity contribution in [1.29, 1.82) is 0 Å². The quantitative estimate of drug-likeness (QED) is 0.0315. The van der Waals surface area contributed by atoms with E-state index in [0.717, 1.165) is 19.3 Å². The van der Waals surface area contributed by atoms with E-state index >= 15 is 0 Å². The molecule has 12 heteroatoms. The number of phosphoric ester groups is 1. The topological polar surface area (TPSA) is 147 Å². The summed E-state index contributed by atoms with van der Waals surface area (Å²) in [6.07, 6.45) is 27.6. The highest BCUT2D eigenvalue weighted by Gasteiger charge is 2.24. The number of benzene rings is 1. The molecule has 0 heterocycles. The minimum absolute atomic E-state index is 0.0579. The lowest BCUT2D eigenvalue weighted by Gasteiger charge is -2.16. The van der Waals surface area contributed by atoms with Crippen LogP contribution in [0.1, 0.15) is 107 Å². The van der Waals surface area contributed by atoms with Crippen molar-refractivity contribution in [2.45, 2.75) is 103 Å². The molecule has 0 amide bonds. The van der Waals surface area contributed by atoms with E-state index in [1.807, 2.05) is 0 Å². The van der Waals surface area contributed by atoms with Gasteiger partial charge in [0.05, 0.1) is 13.2 Å². The van der Waals surface area contributed by atoms with Crippen LogP contribution in [0.15, 0.2) is 12.1 Å². The van der Waals surface area contributed by atoms with Crippen molar-refractivity contribution >= 4 is 19.6 Å². The van der Waals surface area contributed by atoms with Gasteiger partial charge < -0.3 is 28.9 Å². The monoisotopic (exact) mass is 690 g/mol. The van der Waals surface area contributed by atoms with E-state index in [1.165, 1.54) is 57.1 Å². The average Bonchev–Trinajstić information content (AvgIpc) is 3.07. The summed E-state index contributed by atoms with van der Waals surface area (Å²) in [6.45, 7) is 0.614. The molecule has 1 aromatic rings. The number of rotatable bonds is 29. The molecule has 11 nitrogen and oxygen atoms in total. The third-order valence-corrected chi connectivity index (χ3v) is 7.90. The highest BCUT2D eigenvalue weighted by molar-refractivity contribution is 7.47. The molecular formula is C36H51O11P. The molecule has 0 spiro atoms. The van der Waals surface area contributed by atoms with Crippen LogP contribution in [0.3, 0.4) is 0 Å². The number of ether oxygens (including phenoxy) is 4. The van der Waals surface area contributed by atoms with Crippen molar-refractivity contribution in [3.63, 3.8) is 0 Å². The van der Waals surface area contributed by atoms with Crippen LogP contribution in [-0.4, -0.2) is 67.5 Å². The number of esters is 1. The number of aliphatic hydroxyl groups is 1. The SMILES string of the molecule is C#CCOc1cc(C(=O)CCCOP(=O)(O)OC[C@H](O)COC(=O)CCCCCCCCCCCCC)cc(OCC#C)c1OCC#C. The van der Waals surface area contributed by atoms with E-state index in [1.54, 1.807) is 0 Å². The number of carbonyl (C=O) groups excluding carboxylic acids is 2. The van der Waals surface area contributed by atoms with E-state index < -0.39 is 26.5 Å². The summed E-state index contributed by atoms with van der Waals surface area (Å²) >= 11 is 0. The van der Waals surface area contributed by atoms with Gasteiger partial charge in [-0.1, -0.05) is 88.9 Å². The van der Waals surface area contributed by atoms with E-state index in [9.17, 15) is 24.2 Å². The van der Waals surface area contributed by atoms with Gasteiger partial charge in [-0.3, -0.25) is 18.6 Å². The Kier molecular flexibility index (Phi) is 23.4. The van der Waals surface area contributed by atoms with Gasteiger partial charge in [-0.05, 0) is 25.0 Å². The summed E-state index contributed by atoms with van der Waals surface area (Å²) in [6, 6.07) is 2.84. The Labute approximate surface area is 286 Å². The first-order valence-electron chi connectivity index (χ1n) is 16.5. The molecule has 2 atom stereocenters. The number of ketones is 1. The lowest BCUT2D eigenvalue weighted by Crippen LogP contribution is -2.23. The van der Waals surface area contributed by atoms with E-state index in [2.05, 4.69) is 24.7 Å². The molecular weight excluding hydrogens is 639 g/mol. The van der Waals surface area contributed by atoms with Crippen molar-refractivity contribution < 1.29 is 52.1 Å². The molecule has 1 rings (SSSR count). The van der Waals surface area contributed by atoms with Gasteiger partial charge in [-0.15, -0.1) is 19.3 Å². The minimum atomic E-state index is -4.55. The molecule has 0 aromatic heterocycles. The van der Waals surface area contributed by atoms with Gasteiger partial charge in [-0.25, -0.2) is 4.57 Å². The highest BCUT2D eigenvalue weighted by Crippen LogP contribution is 2.43. The Morgan fingerprint density at radius 3 is 1.81 bits per heavy atom. The Morgan fingerprint density at radius 1 is 0.750 bits per heavy atom. The number of hydrogen-bond donors (Lipinski definition) is 2. The predicted octanol–water partition coefficient (Wildman–Crippen LogP) is 6.42. The molecule has 2 N–H and O–H groups in total. The average molecular weight is 691 g/mol. The maximum Gasteiger partial charge on any atom is 0.472 e. The fourth-order valence-electron chi connectivity index (χ4n) is 4.46. The van der Waals surface area contributed by atoms with Crippen LogP contribution >= 0.6 is 7.82 Å². The number of hydrogen-bond acceptors (Lipinski definition) is 10. The summed E-state index contributed by atoms with van der Waals surface area (Å²) in [4.78, 5) is 34.8. The number of terminal acetylenes is 3. The zero-order valence-electron chi connectivity index (χ0n) is 28.1. The maximum atomic E-state index is 12.9. The molecule has 266 valence electrons. The number of aliphatic hydroxyl groups excluding tert-OH is 1. The molecule has 0 aliphatic carbocycles. The van der Waals surface area contributed by atoms with Crippen molar-refractivity contribution in [3.05, 3.63) is 17.7 Å². The molecule has 1 unspecified atom stereocenters. The Hall–Kier alpha value is -3.49. The molecule has 0 saturated carbocycles. The van der Waals surface area contributed by atoms with Crippen LogP contribution in [0.2, 0.25) is 0 Å². The minimum Gasteiger partial charge on any atom is -0.477 e. The smallest absolute Gasteiger partial charge is 0.472 e. The largest absolute Gasteiger partial charge is 0.477 e. The number of carbonyl (C=O) groups is 2. The van der Waals surface area contributed by atoms with Gasteiger partial charge in [0.15, 0.2) is 17.3 Å². The van der Waals surface area contributed by atoms with Crippen LogP contribution < -0.4 is 14.2 Å². The predicted molar refractivity (Wildman–Crippen MR) is 183 cm³/mol. The van der Waals surface area contributed by atoms with Crippen LogP contribution in [0, 0.1) is 37.0 Å². The molecule has 0 aliphatic rings. The number of Topliss-reactive ketones (excluding diaryl/α,β-unsaturated/α-hetero) is 1. The Bertz CT molecular complexity index is 1220. The van der Waals surface area contributed by atoms with Gasteiger partial charge in [0.25, 0.3) is 0 Å². The number of unbranched alkanes of at least 4 members (excludes halogenated alkanes) is 10. The lowest BCUT2D eigenvalue weighted by atomic mass is 10.1. The maximum absolute atomic E-state index is 12.9. The molecule has 0 aliphatic heterocycles. The standard InChI is InChI=1S/C36H51O11P/c1-5-9-10-11-12-13-14-15-16-17-18-21-35(39)45-28-31(37)29-47-48(40,41)46-25-19-20-32(38)30-26-33(42-22-6-2)36(44-24-8-4)34(27-30)43-23-7-3/h2-4,26-27,31,37H,5,9-25,28-29H2,1H3,(H,40,41)/t31-/m1/s1. The van der Waals surface area contributed by atoms with Crippen LogP contribution in [0.25, 0.3) is 0 Å². The van der Waals surface area contributed by atoms with E-state index in [0.29, 0.717) is 6.42 Å².